The van der Waals surface area contributed by atoms with Gasteiger partial charge in [0.1, 0.15) is 5.82 Å². The molecule has 0 bridgehead atoms. The minimum absolute atomic E-state index is 0.122. The van der Waals surface area contributed by atoms with Crippen molar-refractivity contribution in [2.45, 2.75) is 19.9 Å². The molecule has 102 valence electrons. The maximum Gasteiger partial charge on any atom is 0.112 e. The van der Waals surface area contributed by atoms with E-state index in [4.69, 9.17) is 0 Å². The SMILES string of the molecule is Cc1ccccc1Cn1c(CCO)nc2ccccc21. The third-order valence-corrected chi connectivity index (χ3v) is 3.66. The van der Waals surface area contributed by atoms with E-state index in [9.17, 15) is 5.11 Å². The molecule has 3 nitrogen and oxygen atoms in total. The Morgan fingerprint density at radius 2 is 1.80 bits per heavy atom. The Hall–Kier alpha value is -2.13. The summed E-state index contributed by atoms with van der Waals surface area (Å²) in [7, 11) is 0. The van der Waals surface area contributed by atoms with E-state index in [0.717, 1.165) is 23.4 Å². The second-order valence-electron chi connectivity index (χ2n) is 5.00. The number of nitrogens with zero attached hydrogens (tertiary/aromatic N) is 2. The van der Waals surface area contributed by atoms with Gasteiger partial charge < -0.3 is 9.67 Å². The molecule has 1 aromatic heterocycles. The Morgan fingerprint density at radius 1 is 1.05 bits per heavy atom. The van der Waals surface area contributed by atoms with Gasteiger partial charge in [-0.1, -0.05) is 36.4 Å². The third-order valence-electron chi connectivity index (χ3n) is 3.66. The number of rotatable bonds is 4. The predicted molar refractivity (Wildman–Crippen MR) is 80.8 cm³/mol. The largest absolute Gasteiger partial charge is 0.396 e. The van der Waals surface area contributed by atoms with Crippen molar-refractivity contribution in [3.05, 3.63) is 65.5 Å². The molecule has 0 fully saturated rings. The first-order chi connectivity index (χ1) is 9.79. The number of hydrogen-bond acceptors (Lipinski definition) is 2. The first-order valence-corrected chi connectivity index (χ1v) is 6.89. The lowest BCUT2D eigenvalue weighted by Crippen LogP contribution is -2.07. The van der Waals surface area contributed by atoms with Gasteiger partial charge in [0.2, 0.25) is 0 Å². The lowest BCUT2D eigenvalue weighted by atomic mass is 10.1. The summed E-state index contributed by atoms with van der Waals surface area (Å²) in [6, 6.07) is 16.5. The molecule has 0 aliphatic rings. The monoisotopic (exact) mass is 266 g/mol. The molecule has 0 aliphatic heterocycles. The van der Waals surface area contributed by atoms with E-state index in [1.54, 1.807) is 0 Å². The Balaban J connectivity index is 2.09. The molecule has 0 unspecified atom stereocenters. The molecule has 3 aromatic rings. The highest BCUT2D eigenvalue weighted by Crippen LogP contribution is 2.19. The lowest BCUT2D eigenvalue weighted by Gasteiger charge is -2.11. The molecule has 1 heterocycles. The zero-order valence-corrected chi connectivity index (χ0v) is 11.6. The van der Waals surface area contributed by atoms with Gasteiger partial charge in [0.05, 0.1) is 17.6 Å². The van der Waals surface area contributed by atoms with Gasteiger partial charge >= 0.3 is 0 Å². The van der Waals surface area contributed by atoms with Gasteiger partial charge in [0.25, 0.3) is 0 Å². The van der Waals surface area contributed by atoms with Crippen LogP contribution >= 0.6 is 0 Å². The van der Waals surface area contributed by atoms with E-state index < -0.39 is 0 Å². The molecular formula is C17H18N2O. The van der Waals surface area contributed by atoms with Gasteiger partial charge in [-0.3, -0.25) is 0 Å². The summed E-state index contributed by atoms with van der Waals surface area (Å²) in [6.45, 7) is 3.04. The van der Waals surface area contributed by atoms with Crippen LogP contribution in [0.2, 0.25) is 0 Å². The molecule has 3 rings (SSSR count). The fourth-order valence-electron chi connectivity index (χ4n) is 2.55. The van der Waals surface area contributed by atoms with Crippen LogP contribution in [-0.4, -0.2) is 21.3 Å². The average molecular weight is 266 g/mol. The highest BCUT2D eigenvalue weighted by Gasteiger charge is 2.10. The van der Waals surface area contributed by atoms with Crippen molar-refractivity contribution >= 4 is 11.0 Å². The van der Waals surface area contributed by atoms with Gasteiger partial charge in [-0.05, 0) is 30.2 Å². The molecule has 0 spiro atoms. The number of hydrogen-bond donors (Lipinski definition) is 1. The molecule has 0 radical (unpaired) electrons. The van der Waals surface area contributed by atoms with Gasteiger partial charge in [0, 0.05) is 13.0 Å². The lowest BCUT2D eigenvalue weighted by molar-refractivity contribution is 0.295. The normalized spacial score (nSPS) is 11.1. The van der Waals surface area contributed by atoms with E-state index in [2.05, 4.69) is 46.8 Å². The number of aromatic nitrogens is 2. The van der Waals surface area contributed by atoms with Crippen LogP contribution in [0.5, 0.6) is 0 Å². The molecule has 0 atom stereocenters. The van der Waals surface area contributed by atoms with Crippen LogP contribution in [0.4, 0.5) is 0 Å². The molecule has 0 aliphatic carbocycles. The number of para-hydroxylation sites is 2. The number of aryl methyl sites for hydroxylation is 1. The van der Waals surface area contributed by atoms with Crippen molar-refractivity contribution in [1.82, 2.24) is 9.55 Å². The maximum atomic E-state index is 9.24. The van der Waals surface area contributed by atoms with Crippen molar-refractivity contribution in [3.63, 3.8) is 0 Å². The second-order valence-corrected chi connectivity index (χ2v) is 5.00. The molecule has 3 heteroatoms. The molecule has 0 saturated carbocycles. The molecule has 1 N–H and O–H groups in total. The van der Waals surface area contributed by atoms with Gasteiger partial charge in [-0.25, -0.2) is 4.98 Å². The van der Waals surface area contributed by atoms with Gasteiger partial charge in [0.15, 0.2) is 0 Å². The van der Waals surface area contributed by atoms with Crippen LogP contribution < -0.4 is 0 Å². The van der Waals surface area contributed by atoms with Crippen molar-refractivity contribution in [3.8, 4) is 0 Å². The number of imidazole rings is 1. The van der Waals surface area contributed by atoms with Crippen molar-refractivity contribution < 1.29 is 5.11 Å². The summed E-state index contributed by atoms with van der Waals surface area (Å²) in [5.41, 5.74) is 4.68. The maximum absolute atomic E-state index is 9.24. The highest BCUT2D eigenvalue weighted by atomic mass is 16.3. The van der Waals surface area contributed by atoms with E-state index >= 15 is 0 Å². The zero-order valence-electron chi connectivity index (χ0n) is 11.6. The Morgan fingerprint density at radius 3 is 2.60 bits per heavy atom. The standard InChI is InChI=1S/C17H18N2O/c1-13-6-2-3-7-14(13)12-19-16-9-5-4-8-15(16)18-17(19)10-11-20/h2-9,20H,10-12H2,1H3. The topological polar surface area (TPSA) is 38.0 Å². The van der Waals surface area contributed by atoms with Crippen LogP contribution in [-0.2, 0) is 13.0 Å². The summed E-state index contributed by atoms with van der Waals surface area (Å²) >= 11 is 0. The molecule has 20 heavy (non-hydrogen) atoms. The average Bonchev–Trinajstić information content (AvgIpc) is 2.80. The molecule has 0 saturated heterocycles. The molecule has 2 aromatic carbocycles. The summed E-state index contributed by atoms with van der Waals surface area (Å²) in [5.74, 6) is 0.942. The minimum atomic E-state index is 0.122. The summed E-state index contributed by atoms with van der Waals surface area (Å²) in [5, 5.41) is 9.24. The van der Waals surface area contributed by atoms with E-state index in [1.165, 1.54) is 11.1 Å². The van der Waals surface area contributed by atoms with Crippen LogP contribution in [0.15, 0.2) is 48.5 Å². The Bertz CT molecular complexity index is 731. The van der Waals surface area contributed by atoms with E-state index in [0.29, 0.717) is 6.42 Å². The fourth-order valence-corrected chi connectivity index (χ4v) is 2.55. The van der Waals surface area contributed by atoms with Crippen molar-refractivity contribution in [2.75, 3.05) is 6.61 Å². The fraction of sp³-hybridized carbons (Fsp3) is 0.235. The Labute approximate surface area is 118 Å². The number of benzene rings is 2. The van der Waals surface area contributed by atoms with Crippen LogP contribution in [0.1, 0.15) is 17.0 Å². The zero-order chi connectivity index (χ0) is 13.9. The second kappa shape index (κ2) is 5.47. The first-order valence-electron chi connectivity index (χ1n) is 6.89. The van der Waals surface area contributed by atoms with Crippen LogP contribution in [0.3, 0.4) is 0 Å². The van der Waals surface area contributed by atoms with Gasteiger partial charge in [-0.2, -0.15) is 0 Å². The number of aliphatic hydroxyl groups is 1. The first kappa shape index (κ1) is 12.9. The smallest absolute Gasteiger partial charge is 0.112 e. The summed E-state index contributed by atoms with van der Waals surface area (Å²) in [6.07, 6.45) is 0.584. The quantitative estimate of drug-likeness (QED) is 0.788. The molecular weight excluding hydrogens is 248 g/mol. The van der Waals surface area contributed by atoms with E-state index in [-0.39, 0.29) is 6.61 Å². The Kier molecular flexibility index (Phi) is 3.52. The van der Waals surface area contributed by atoms with Crippen molar-refractivity contribution in [2.24, 2.45) is 0 Å². The summed E-state index contributed by atoms with van der Waals surface area (Å²) in [4.78, 5) is 4.63. The van der Waals surface area contributed by atoms with Crippen molar-refractivity contribution in [1.29, 1.82) is 0 Å². The van der Waals surface area contributed by atoms with Crippen LogP contribution in [0.25, 0.3) is 11.0 Å². The number of fused-ring (bicyclic) bond motifs is 1. The minimum Gasteiger partial charge on any atom is -0.396 e. The van der Waals surface area contributed by atoms with Gasteiger partial charge in [-0.15, -0.1) is 0 Å². The third kappa shape index (κ3) is 2.32. The van der Waals surface area contributed by atoms with Crippen LogP contribution in [0, 0.1) is 6.92 Å². The summed E-state index contributed by atoms with van der Waals surface area (Å²) < 4.78 is 2.20. The predicted octanol–water partition coefficient (Wildman–Crippen LogP) is 2.93. The highest BCUT2D eigenvalue weighted by molar-refractivity contribution is 5.76. The molecule has 0 amide bonds. The number of aliphatic hydroxyl groups excluding tert-OH is 1. The van der Waals surface area contributed by atoms with E-state index in [1.807, 2.05) is 18.2 Å².